The Morgan fingerprint density at radius 3 is 2.50 bits per heavy atom. The Kier molecular flexibility index (Phi) is 5.80. The van der Waals surface area contributed by atoms with E-state index in [1.54, 1.807) is 6.07 Å². The molecule has 3 aliphatic rings. The van der Waals surface area contributed by atoms with E-state index >= 15 is 0 Å². The van der Waals surface area contributed by atoms with Gasteiger partial charge in [-0.05, 0) is 60.2 Å². The third kappa shape index (κ3) is 3.48. The molecule has 4 unspecified atom stereocenters. The lowest BCUT2D eigenvalue weighted by Gasteiger charge is -2.37. The van der Waals surface area contributed by atoms with Crippen molar-refractivity contribution in [2.45, 2.75) is 44.7 Å². The molecule has 0 bridgehead atoms. The van der Waals surface area contributed by atoms with Crippen LogP contribution in [-0.2, 0) is 21.4 Å². The summed E-state index contributed by atoms with van der Waals surface area (Å²) in [6.45, 7) is 5.83. The molecule has 1 spiro atoms. The van der Waals surface area contributed by atoms with E-state index in [4.69, 9.17) is 11.6 Å². The number of halogens is 1. The van der Waals surface area contributed by atoms with Gasteiger partial charge in [0.25, 0.3) is 0 Å². The van der Waals surface area contributed by atoms with Gasteiger partial charge in [-0.1, -0.05) is 80.1 Å². The Morgan fingerprint density at radius 1 is 1.05 bits per heavy atom. The highest BCUT2D eigenvalue weighted by molar-refractivity contribution is 6.31. The summed E-state index contributed by atoms with van der Waals surface area (Å²) in [5.41, 5.74) is 3.47. The predicted octanol–water partition coefficient (Wildman–Crippen LogP) is 6.10. The van der Waals surface area contributed by atoms with E-state index in [1.807, 2.05) is 77.7 Å². The van der Waals surface area contributed by atoms with Gasteiger partial charge in [-0.3, -0.25) is 14.4 Å². The van der Waals surface area contributed by atoms with Crippen LogP contribution in [0.5, 0.6) is 0 Å². The van der Waals surface area contributed by atoms with E-state index in [0.29, 0.717) is 22.2 Å². The summed E-state index contributed by atoms with van der Waals surface area (Å²) in [4.78, 5) is 44.1. The summed E-state index contributed by atoms with van der Waals surface area (Å²) < 4.78 is 0. The number of rotatable bonds is 5. The number of ketones is 2. The van der Waals surface area contributed by atoms with Gasteiger partial charge in [0.15, 0.2) is 11.6 Å². The summed E-state index contributed by atoms with van der Waals surface area (Å²) in [6, 6.07) is 19.3. The molecule has 1 amide bonds. The number of anilines is 2. The van der Waals surface area contributed by atoms with E-state index in [2.05, 4.69) is 19.2 Å². The largest absolute Gasteiger partial charge is 0.352 e. The van der Waals surface area contributed by atoms with Crippen molar-refractivity contribution in [2.24, 2.45) is 11.8 Å². The number of nitrogens with one attached hydrogen (secondary N) is 1. The number of amides is 1. The van der Waals surface area contributed by atoms with Crippen molar-refractivity contribution >= 4 is 46.5 Å². The van der Waals surface area contributed by atoms with Crippen LogP contribution in [0, 0.1) is 11.8 Å². The highest BCUT2D eigenvalue weighted by Crippen LogP contribution is 2.57. The molecule has 1 N–H and O–H groups in total. The van der Waals surface area contributed by atoms with Gasteiger partial charge >= 0.3 is 0 Å². The highest BCUT2D eigenvalue weighted by atomic mass is 35.5. The van der Waals surface area contributed by atoms with Gasteiger partial charge in [-0.25, -0.2) is 0 Å². The smallest absolute Gasteiger partial charge is 0.238 e. The molecule has 3 heterocycles. The first-order chi connectivity index (χ1) is 18.2. The molecule has 3 aromatic rings. The third-order valence-corrected chi connectivity index (χ3v) is 8.41. The number of carbonyl (C=O) groups excluding carboxylic acids is 3. The van der Waals surface area contributed by atoms with Crippen molar-refractivity contribution in [3.63, 3.8) is 0 Å². The zero-order valence-electron chi connectivity index (χ0n) is 21.6. The minimum atomic E-state index is -1.27. The van der Waals surface area contributed by atoms with Crippen LogP contribution >= 0.6 is 11.6 Å². The number of carbonyl (C=O) groups is 3. The fourth-order valence-electron chi connectivity index (χ4n) is 6.76. The zero-order valence-corrected chi connectivity index (χ0v) is 22.3. The van der Waals surface area contributed by atoms with Crippen LogP contribution in [0.15, 0.2) is 72.8 Å². The molecule has 1 saturated heterocycles. The molecule has 0 saturated carbocycles. The molecule has 0 radical (unpaired) electrons. The summed E-state index contributed by atoms with van der Waals surface area (Å²) in [6.07, 6.45) is 4.81. The second kappa shape index (κ2) is 8.95. The van der Waals surface area contributed by atoms with Gasteiger partial charge in [-0.15, -0.1) is 0 Å². The van der Waals surface area contributed by atoms with Gasteiger partial charge in [-0.2, -0.15) is 0 Å². The van der Waals surface area contributed by atoms with E-state index in [0.717, 1.165) is 28.8 Å². The molecule has 5 nitrogen and oxygen atoms in total. The van der Waals surface area contributed by atoms with Crippen molar-refractivity contribution in [1.29, 1.82) is 0 Å². The molecular formula is C32H29ClN2O3. The van der Waals surface area contributed by atoms with Crippen LogP contribution in [0.2, 0.25) is 5.02 Å². The lowest BCUT2D eigenvalue weighted by molar-refractivity contribution is -0.122. The molecule has 0 aromatic heterocycles. The summed E-state index contributed by atoms with van der Waals surface area (Å²) in [7, 11) is 0. The highest BCUT2D eigenvalue weighted by Gasteiger charge is 2.69. The monoisotopic (exact) mass is 524 g/mol. The van der Waals surface area contributed by atoms with Crippen LogP contribution in [0.1, 0.15) is 47.8 Å². The maximum absolute atomic E-state index is 14.5. The average molecular weight is 525 g/mol. The molecule has 0 aliphatic carbocycles. The Morgan fingerprint density at radius 2 is 1.79 bits per heavy atom. The Labute approximate surface area is 227 Å². The van der Waals surface area contributed by atoms with E-state index in [9.17, 15) is 14.4 Å². The van der Waals surface area contributed by atoms with E-state index in [1.165, 1.54) is 6.92 Å². The number of Topliss-reactive ketones (excluding diaryl/α,β-unsaturated/α-hetero) is 2. The van der Waals surface area contributed by atoms with Crippen LogP contribution in [0.4, 0.5) is 11.4 Å². The molecule has 3 aliphatic heterocycles. The molecule has 38 heavy (non-hydrogen) atoms. The zero-order chi connectivity index (χ0) is 26.8. The quantitative estimate of drug-likeness (QED) is 0.409. The third-order valence-electron chi connectivity index (χ3n) is 8.18. The SMILES string of the molecule is CC(=O)C1C(C(=O)c2ccc(CC(C)C)cc2)C2(C(=O)Nc3ccccc32)C2C=Cc3cc(Cl)ccc3N12. The van der Waals surface area contributed by atoms with Gasteiger partial charge < -0.3 is 10.2 Å². The van der Waals surface area contributed by atoms with Gasteiger partial charge in [0.1, 0.15) is 5.41 Å². The Hall–Kier alpha value is -3.70. The first-order valence-corrected chi connectivity index (χ1v) is 13.4. The van der Waals surface area contributed by atoms with Crippen molar-refractivity contribution in [3.8, 4) is 0 Å². The minimum Gasteiger partial charge on any atom is -0.352 e. The standard InChI is InChI=1S/C32H29ClN2O3/c1-18(2)16-20-8-10-21(11-9-20)30(37)28-29(19(3)36)35-26-14-13-23(33)17-22(26)12-15-27(35)32(28)24-6-4-5-7-25(24)34-31(32)38/h4-15,17-18,27-29H,16H2,1-3H3,(H,34,38). The number of nitrogens with zero attached hydrogens (tertiary/aromatic N) is 1. The molecule has 3 aromatic carbocycles. The predicted molar refractivity (Wildman–Crippen MR) is 151 cm³/mol. The van der Waals surface area contributed by atoms with E-state index in [-0.39, 0.29) is 17.5 Å². The molecule has 1 fully saturated rings. The fraction of sp³-hybridized carbons (Fsp3) is 0.281. The average Bonchev–Trinajstić information content (AvgIpc) is 3.36. The lowest BCUT2D eigenvalue weighted by Crippen LogP contribution is -2.51. The maximum Gasteiger partial charge on any atom is 0.238 e. The number of benzene rings is 3. The molecule has 6 heteroatoms. The number of fused-ring (bicyclic) bond motifs is 6. The van der Waals surface area contributed by atoms with Crippen LogP contribution < -0.4 is 10.2 Å². The summed E-state index contributed by atoms with van der Waals surface area (Å²) in [5, 5.41) is 3.62. The second-order valence-electron chi connectivity index (χ2n) is 11.0. The first-order valence-electron chi connectivity index (χ1n) is 13.0. The Balaban J connectivity index is 1.58. The minimum absolute atomic E-state index is 0.157. The molecule has 192 valence electrons. The number of para-hydroxylation sites is 1. The molecule has 6 rings (SSSR count). The summed E-state index contributed by atoms with van der Waals surface area (Å²) in [5.74, 6) is -1.04. The summed E-state index contributed by atoms with van der Waals surface area (Å²) >= 11 is 6.29. The number of hydrogen-bond acceptors (Lipinski definition) is 4. The normalized spacial score (nSPS) is 24.8. The van der Waals surface area contributed by atoms with Crippen LogP contribution in [0.25, 0.3) is 6.08 Å². The van der Waals surface area contributed by atoms with E-state index < -0.39 is 23.4 Å². The topological polar surface area (TPSA) is 66.5 Å². The lowest BCUT2D eigenvalue weighted by atomic mass is 9.64. The van der Waals surface area contributed by atoms with Crippen molar-refractivity contribution in [3.05, 3.63) is 100 Å². The van der Waals surface area contributed by atoms with Crippen LogP contribution in [-0.4, -0.2) is 29.6 Å². The molecular weight excluding hydrogens is 496 g/mol. The fourth-order valence-corrected chi connectivity index (χ4v) is 6.94. The van der Waals surface area contributed by atoms with Gasteiger partial charge in [0.2, 0.25) is 5.91 Å². The number of hydrogen-bond donors (Lipinski definition) is 1. The van der Waals surface area contributed by atoms with Crippen LogP contribution in [0.3, 0.4) is 0 Å². The first kappa shape index (κ1) is 24.6. The second-order valence-corrected chi connectivity index (χ2v) is 11.4. The van der Waals surface area contributed by atoms with Gasteiger partial charge in [0, 0.05) is 22.0 Å². The van der Waals surface area contributed by atoms with Crippen molar-refractivity contribution in [2.75, 3.05) is 10.2 Å². The van der Waals surface area contributed by atoms with Crippen molar-refractivity contribution in [1.82, 2.24) is 0 Å². The van der Waals surface area contributed by atoms with Gasteiger partial charge in [0.05, 0.1) is 18.0 Å². The Bertz CT molecular complexity index is 1510. The maximum atomic E-state index is 14.5. The van der Waals surface area contributed by atoms with Crippen molar-refractivity contribution < 1.29 is 14.4 Å². The molecule has 4 atom stereocenters.